The van der Waals surface area contributed by atoms with Crippen molar-refractivity contribution in [3.05, 3.63) is 29.6 Å². The monoisotopic (exact) mass is 266 g/mol. The zero-order valence-electron chi connectivity index (χ0n) is 12.0. The van der Waals surface area contributed by atoms with Crippen molar-refractivity contribution in [2.75, 3.05) is 20.8 Å². The van der Waals surface area contributed by atoms with Gasteiger partial charge in [0.25, 0.3) is 0 Å². The van der Waals surface area contributed by atoms with Gasteiger partial charge in [-0.15, -0.1) is 0 Å². The fourth-order valence-corrected chi connectivity index (χ4v) is 1.67. The number of aromatic nitrogens is 1. The molecule has 0 aliphatic carbocycles. The fourth-order valence-electron chi connectivity index (χ4n) is 1.67. The van der Waals surface area contributed by atoms with Gasteiger partial charge in [-0.2, -0.15) is 0 Å². The van der Waals surface area contributed by atoms with Crippen molar-refractivity contribution >= 4 is 5.97 Å². The summed E-state index contributed by atoms with van der Waals surface area (Å²) in [7, 11) is 3.05. The first-order valence-corrected chi connectivity index (χ1v) is 6.34. The van der Waals surface area contributed by atoms with Crippen LogP contribution in [0, 0.1) is 5.92 Å². The number of esters is 1. The molecule has 1 heterocycles. The van der Waals surface area contributed by atoms with Crippen molar-refractivity contribution in [2.24, 2.45) is 5.92 Å². The quantitative estimate of drug-likeness (QED) is 0.760. The summed E-state index contributed by atoms with van der Waals surface area (Å²) in [5, 5.41) is 3.40. The van der Waals surface area contributed by atoms with Crippen molar-refractivity contribution < 1.29 is 14.3 Å². The van der Waals surface area contributed by atoms with Crippen molar-refractivity contribution in [2.45, 2.75) is 26.4 Å². The predicted molar refractivity (Wildman–Crippen MR) is 72.9 cm³/mol. The van der Waals surface area contributed by atoms with Crippen LogP contribution in [0.5, 0.6) is 0 Å². The van der Waals surface area contributed by atoms with Gasteiger partial charge in [0.1, 0.15) is 0 Å². The molecule has 0 aliphatic rings. The highest BCUT2D eigenvalue weighted by Gasteiger charge is 2.12. The number of ether oxygens (including phenoxy) is 2. The standard InChI is InChI=1S/C14H22N2O3/c1-10(2)13(9-18-3)16-8-12-6-5-11(7-15-12)14(17)19-4/h5-7,10,13,16H,8-9H2,1-4H3. The number of hydrogen-bond donors (Lipinski definition) is 1. The zero-order chi connectivity index (χ0) is 14.3. The molecule has 1 aromatic rings. The molecular formula is C14H22N2O3. The van der Waals surface area contributed by atoms with Gasteiger partial charge in [-0.05, 0) is 18.1 Å². The number of methoxy groups -OCH3 is 2. The molecule has 0 saturated heterocycles. The van der Waals surface area contributed by atoms with Gasteiger partial charge in [-0.25, -0.2) is 4.79 Å². The predicted octanol–water partition coefficient (Wildman–Crippen LogP) is 1.63. The number of rotatable bonds is 7. The van der Waals surface area contributed by atoms with E-state index < -0.39 is 0 Å². The Kier molecular flexibility index (Phi) is 6.45. The highest BCUT2D eigenvalue weighted by molar-refractivity contribution is 5.88. The molecule has 5 heteroatoms. The van der Waals surface area contributed by atoms with Crippen molar-refractivity contribution in [1.29, 1.82) is 0 Å². The highest BCUT2D eigenvalue weighted by atomic mass is 16.5. The van der Waals surface area contributed by atoms with Gasteiger partial charge in [0, 0.05) is 25.9 Å². The number of nitrogens with one attached hydrogen (secondary N) is 1. The topological polar surface area (TPSA) is 60.5 Å². The average molecular weight is 266 g/mol. The maximum absolute atomic E-state index is 11.3. The first-order chi connectivity index (χ1) is 9.08. The number of carbonyl (C=O) groups is 1. The zero-order valence-corrected chi connectivity index (χ0v) is 12.0. The number of carbonyl (C=O) groups excluding carboxylic acids is 1. The second kappa shape index (κ2) is 7.86. The van der Waals surface area contributed by atoms with Gasteiger partial charge in [0.15, 0.2) is 0 Å². The Hall–Kier alpha value is -1.46. The molecule has 1 N–H and O–H groups in total. The summed E-state index contributed by atoms with van der Waals surface area (Å²) in [6.45, 7) is 5.60. The molecule has 1 aromatic heterocycles. The molecule has 1 atom stereocenters. The lowest BCUT2D eigenvalue weighted by molar-refractivity contribution is 0.0600. The van der Waals surface area contributed by atoms with Crippen LogP contribution in [0.25, 0.3) is 0 Å². The Morgan fingerprint density at radius 2 is 2.11 bits per heavy atom. The van der Waals surface area contributed by atoms with Gasteiger partial charge in [0.05, 0.1) is 25.0 Å². The molecule has 0 spiro atoms. The van der Waals surface area contributed by atoms with Gasteiger partial charge < -0.3 is 14.8 Å². The summed E-state index contributed by atoms with van der Waals surface area (Å²) in [4.78, 5) is 15.5. The van der Waals surface area contributed by atoms with Crippen LogP contribution in [0.3, 0.4) is 0 Å². The molecule has 0 fully saturated rings. The van der Waals surface area contributed by atoms with E-state index in [1.54, 1.807) is 13.2 Å². The van der Waals surface area contributed by atoms with Crippen molar-refractivity contribution in [3.63, 3.8) is 0 Å². The fraction of sp³-hybridized carbons (Fsp3) is 0.571. The average Bonchev–Trinajstić information content (AvgIpc) is 2.42. The minimum Gasteiger partial charge on any atom is -0.465 e. The van der Waals surface area contributed by atoms with Crippen LogP contribution in [0.15, 0.2) is 18.3 Å². The second-order valence-electron chi connectivity index (χ2n) is 4.72. The summed E-state index contributed by atoms with van der Waals surface area (Å²) < 4.78 is 9.80. The van der Waals surface area contributed by atoms with Crippen LogP contribution < -0.4 is 5.32 Å². The molecule has 106 valence electrons. The van der Waals surface area contributed by atoms with E-state index in [0.29, 0.717) is 24.6 Å². The highest BCUT2D eigenvalue weighted by Crippen LogP contribution is 2.05. The molecule has 0 aromatic carbocycles. The summed E-state index contributed by atoms with van der Waals surface area (Å²) in [5.41, 5.74) is 1.35. The summed E-state index contributed by atoms with van der Waals surface area (Å²) >= 11 is 0. The van der Waals surface area contributed by atoms with E-state index in [9.17, 15) is 4.79 Å². The molecule has 1 rings (SSSR count). The lowest BCUT2D eigenvalue weighted by Crippen LogP contribution is -2.37. The smallest absolute Gasteiger partial charge is 0.339 e. The van der Waals surface area contributed by atoms with Gasteiger partial charge in [0.2, 0.25) is 0 Å². The third-order valence-electron chi connectivity index (χ3n) is 2.94. The van der Waals surface area contributed by atoms with Crippen LogP contribution in [-0.4, -0.2) is 37.8 Å². The van der Waals surface area contributed by atoms with E-state index in [1.807, 2.05) is 6.07 Å². The number of pyridine rings is 1. The van der Waals surface area contributed by atoms with Gasteiger partial charge in [-0.3, -0.25) is 4.98 Å². The first-order valence-electron chi connectivity index (χ1n) is 6.34. The van der Waals surface area contributed by atoms with Crippen molar-refractivity contribution in [3.8, 4) is 0 Å². The minimum absolute atomic E-state index is 0.284. The van der Waals surface area contributed by atoms with E-state index in [4.69, 9.17) is 4.74 Å². The molecular weight excluding hydrogens is 244 g/mol. The van der Waals surface area contributed by atoms with E-state index in [-0.39, 0.29) is 12.0 Å². The molecule has 0 bridgehead atoms. The normalized spacial score (nSPS) is 12.5. The van der Waals surface area contributed by atoms with Gasteiger partial charge >= 0.3 is 5.97 Å². The first kappa shape index (κ1) is 15.6. The minimum atomic E-state index is -0.369. The van der Waals surface area contributed by atoms with Crippen LogP contribution in [-0.2, 0) is 16.0 Å². The van der Waals surface area contributed by atoms with Gasteiger partial charge in [-0.1, -0.05) is 13.8 Å². The molecule has 0 saturated carbocycles. The Balaban J connectivity index is 2.55. The number of hydrogen-bond acceptors (Lipinski definition) is 5. The molecule has 1 unspecified atom stereocenters. The third kappa shape index (κ3) is 4.96. The van der Waals surface area contributed by atoms with E-state index in [1.165, 1.54) is 13.3 Å². The Morgan fingerprint density at radius 1 is 1.37 bits per heavy atom. The summed E-state index contributed by atoms with van der Waals surface area (Å²) in [6, 6.07) is 3.83. The Morgan fingerprint density at radius 3 is 2.58 bits per heavy atom. The van der Waals surface area contributed by atoms with E-state index >= 15 is 0 Å². The molecule has 5 nitrogen and oxygen atoms in total. The Labute approximate surface area is 114 Å². The maximum Gasteiger partial charge on any atom is 0.339 e. The largest absolute Gasteiger partial charge is 0.465 e. The SMILES string of the molecule is COCC(NCc1ccc(C(=O)OC)cn1)C(C)C. The number of nitrogens with zero attached hydrogens (tertiary/aromatic N) is 1. The Bertz CT molecular complexity index is 390. The lowest BCUT2D eigenvalue weighted by atomic mass is 10.1. The van der Waals surface area contributed by atoms with Crippen LogP contribution in [0.2, 0.25) is 0 Å². The second-order valence-corrected chi connectivity index (χ2v) is 4.72. The molecule has 0 aliphatic heterocycles. The summed E-state index contributed by atoms with van der Waals surface area (Å²) in [5.74, 6) is 0.112. The molecule has 0 amide bonds. The molecule has 19 heavy (non-hydrogen) atoms. The van der Waals surface area contributed by atoms with Crippen LogP contribution in [0.4, 0.5) is 0 Å². The summed E-state index contributed by atoms with van der Waals surface area (Å²) in [6.07, 6.45) is 1.53. The van der Waals surface area contributed by atoms with Crippen LogP contribution >= 0.6 is 0 Å². The van der Waals surface area contributed by atoms with Crippen LogP contribution in [0.1, 0.15) is 29.9 Å². The lowest BCUT2D eigenvalue weighted by Gasteiger charge is -2.21. The van der Waals surface area contributed by atoms with Crippen molar-refractivity contribution in [1.82, 2.24) is 10.3 Å². The van der Waals surface area contributed by atoms with E-state index in [0.717, 1.165) is 5.69 Å². The van der Waals surface area contributed by atoms with E-state index in [2.05, 4.69) is 28.9 Å². The third-order valence-corrected chi connectivity index (χ3v) is 2.94. The molecule has 0 radical (unpaired) electrons. The maximum atomic E-state index is 11.3.